The van der Waals surface area contributed by atoms with Crippen LogP contribution in [0.15, 0.2) is 28.8 Å². The third-order valence-electron chi connectivity index (χ3n) is 3.15. The molecule has 8 nitrogen and oxygen atoms in total. The van der Waals surface area contributed by atoms with Crippen LogP contribution in [0.1, 0.15) is 16.2 Å². The highest BCUT2D eigenvalue weighted by Crippen LogP contribution is 2.29. The Labute approximate surface area is 144 Å². The molecule has 0 aliphatic carbocycles. The standard InChI is InChI=1S/C15H11F3N4O4/c1-25-11(23)8-22(7-6-19)13(24)10-4-2-9(3-5-10)12-20-14(26-21-12)15(16,17)18/h2-5H,7-8H2,1H3. The van der Waals surface area contributed by atoms with E-state index in [4.69, 9.17) is 5.26 Å². The maximum absolute atomic E-state index is 12.5. The molecule has 2 rings (SSSR count). The zero-order valence-corrected chi connectivity index (χ0v) is 13.3. The Morgan fingerprint density at radius 2 is 1.96 bits per heavy atom. The summed E-state index contributed by atoms with van der Waals surface area (Å²) in [6.45, 7) is -0.750. The maximum Gasteiger partial charge on any atom is 0.471 e. The van der Waals surface area contributed by atoms with E-state index in [1.807, 2.05) is 0 Å². The van der Waals surface area contributed by atoms with Gasteiger partial charge in [0.2, 0.25) is 5.82 Å². The molecule has 0 N–H and O–H groups in total. The summed E-state index contributed by atoms with van der Waals surface area (Å²) in [5.41, 5.74) is 0.313. The average molecular weight is 368 g/mol. The number of alkyl halides is 3. The number of aromatic nitrogens is 2. The third kappa shape index (κ3) is 4.35. The quantitative estimate of drug-likeness (QED) is 0.585. The lowest BCUT2D eigenvalue weighted by Gasteiger charge is -2.18. The predicted molar refractivity (Wildman–Crippen MR) is 78.3 cm³/mol. The molecule has 26 heavy (non-hydrogen) atoms. The normalized spacial score (nSPS) is 10.9. The second-order valence-electron chi connectivity index (χ2n) is 4.89. The van der Waals surface area contributed by atoms with Crippen LogP contribution in [0, 0.1) is 11.3 Å². The summed E-state index contributed by atoms with van der Waals surface area (Å²) in [6.07, 6.45) is -4.76. The van der Waals surface area contributed by atoms with Gasteiger partial charge in [-0.1, -0.05) is 17.3 Å². The highest BCUT2D eigenvalue weighted by atomic mass is 19.4. The van der Waals surface area contributed by atoms with E-state index in [0.29, 0.717) is 0 Å². The Hall–Kier alpha value is -3.42. The van der Waals surface area contributed by atoms with Crippen molar-refractivity contribution in [1.82, 2.24) is 15.0 Å². The molecule has 1 heterocycles. The van der Waals surface area contributed by atoms with Crippen LogP contribution in [0.5, 0.6) is 0 Å². The zero-order chi connectivity index (χ0) is 19.3. The number of halogens is 3. The molecule has 0 atom stereocenters. The van der Waals surface area contributed by atoms with Crippen LogP contribution < -0.4 is 0 Å². The fourth-order valence-corrected chi connectivity index (χ4v) is 1.91. The summed E-state index contributed by atoms with van der Waals surface area (Å²) >= 11 is 0. The Kier molecular flexibility index (Phi) is 5.56. The molecule has 1 aromatic heterocycles. The molecule has 11 heteroatoms. The number of carbonyl (C=O) groups excluding carboxylic acids is 2. The van der Waals surface area contributed by atoms with Gasteiger partial charge in [0.15, 0.2) is 0 Å². The van der Waals surface area contributed by atoms with Crippen LogP contribution in [0.4, 0.5) is 13.2 Å². The number of rotatable bonds is 5. The number of amides is 1. The van der Waals surface area contributed by atoms with E-state index < -0.39 is 30.5 Å². The van der Waals surface area contributed by atoms with Crippen LogP contribution in [0.2, 0.25) is 0 Å². The minimum absolute atomic E-state index is 0.118. The van der Waals surface area contributed by atoms with Crippen molar-refractivity contribution in [2.75, 3.05) is 20.2 Å². The zero-order valence-electron chi connectivity index (χ0n) is 13.3. The highest BCUT2D eigenvalue weighted by Gasteiger charge is 2.38. The maximum atomic E-state index is 12.5. The first-order chi connectivity index (χ1) is 12.3. The molecule has 1 amide bonds. The number of hydrogen-bond donors (Lipinski definition) is 0. The van der Waals surface area contributed by atoms with Crippen LogP contribution in [-0.4, -0.2) is 47.1 Å². The molecule has 0 unspecified atom stereocenters. The molecule has 0 saturated heterocycles. The van der Waals surface area contributed by atoms with Crippen LogP contribution in [0.3, 0.4) is 0 Å². The lowest BCUT2D eigenvalue weighted by Crippen LogP contribution is -2.36. The first kappa shape index (κ1) is 18.9. The number of esters is 1. The molecule has 1 aromatic carbocycles. The molecular weight excluding hydrogens is 357 g/mol. The van der Waals surface area contributed by atoms with Crippen LogP contribution >= 0.6 is 0 Å². The van der Waals surface area contributed by atoms with E-state index in [1.165, 1.54) is 24.3 Å². The van der Waals surface area contributed by atoms with Gasteiger partial charge in [0.05, 0.1) is 13.2 Å². The van der Waals surface area contributed by atoms with Crippen molar-refractivity contribution in [3.63, 3.8) is 0 Å². The smallest absolute Gasteiger partial charge is 0.468 e. The van der Waals surface area contributed by atoms with Gasteiger partial charge >= 0.3 is 18.0 Å². The van der Waals surface area contributed by atoms with Crippen molar-refractivity contribution in [2.24, 2.45) is 0 Å². The van der Waals surface area contributed by atoms with Crippen molar-refractivity contribution >= 4 is 11.9 Å². The minimum atomic E-state index is -4.76. The van der Waals surface area contributed by atoms with Gasteiger partial charge in [-0.05, 0) is 12.1 Å². The van der Waals surface area contributed by atoms with Gasteiger partial charge in [-0.2, -0.15) is 23.4 Å². The van der Waals surface area contributed by atoms with Crippen molar-refractivity contribution in [2.45, 2.75) is 6.18 Å². The van der Waals surface area contributed by atoms with E-state index in [9.17, 15) is 22.8 Å². The molecule has 0 radical (unpaired) electrons. The molecule has 2 aromatic rings. The molecule has 0 aliphatic rings. The first-order valence-electron chi connectivity index (χ1n) is 7.00. The second-order valence-corrected chi connectivity index (χ2v) is 4.89. The van der Waals surface area contributed by atoms with Crippen LogP contribution in [-0.2, 0) is 15.7 Å². The van der Waals surface area contributed by atoms with Gasteiger partial charge in [0.25, 0.3) is 5.91 Å². The topological polar surface area (TPSA) is 109 Å². The number of carbonyl (C=O) groups is 2. The highest BCUT2D eigenvalue weighted by molar-refractivity contribution is 5.96. The minimum Gasteiger partial charge on any atom is -0.468 e. The summed E-state index contributed by atoms with van der Waals surface area (Å²) < 4.78 is 46.0. The van der Waals surface area contributed by atoms with E-state index in [-0.39, 0.29) is 23.5 Å². The van der Waals surface area contributed by atoms with E-state index in [2.05, 4.69) is 19.4 Å². The number of methoxy groups -OCH3 is 1. The van der Waals surface area contributed by atoms with Gasteiger partial charge in [-0.25, -0.2) is 0 Å². The van der Waals surface area contributed by atoms with Gasteiger partial charge in [0.1, 0.15) is 13.1 Å². The molecule has 136 valence electrons. The third-order valence-corrected chi connectivity index (χ3v) is 3.15. The van der Waals surface area contributed by atoms with Crippen molar-refractivity contribution in [3.8, 4) is 17.5 Å². The lowest BCUT2D eigenvalue weighted by molar-refractivity contribution is -0.159. The molecule has 0 fully saturated rings. The number of ether oxygens (including phenoxy) is 1. The second kappa shape index (κ2) is 7.64. The molecular formula is C15H11F3N4O4. The largest absolute Gasteiger partial charge is 0.471 e. The predicted octanol–water partition coefficient (Wildman–Crippen LogP) is 1.89. The summed E-state index contributed by atoms with van der Waals surface area (Å²) in [7, 11) is 1.15. The Balaban J connectivity index is 2.20. The Morgan fingerprint density at radius 3 is 2.46 bits per heavy atom. The van der Waals surface area contributed by atoms with Gasteiger partial charge in [-0.3, -0.25) is 9.59 Å². The Morgan fingerprint density at radius 1 is 1.31 bits per heavy atom. The summed E-state index contributed by atoms with van der Waals surface area (Å²) in [4.78, 5) is 27.9. The van der Waals surface area contributed by atoms with Crippen molar-refractivity contribution in [1.29, 1.82) is 5.26 Å². The van der Waals surface area contributed by atoms with Gasteiger partial charge in [0, 0.05) is 11.1 Å². The number of hydrogen-bond acceptors (Lipinski definition) is 7. The lowest BCUT2D eigenvalue weighted by atomic mass is 10.1. The van der Waals surface area contributed by atoms with E-state index in [0.717, 1.165) is 12.0 Å². The van der Waals surface area contributed by atoms with Gasteiger partial charge < -0.3 is 14.2 Å². The molecule has 0 spiro atoms. The van der Waals surface area contributed by atoms with Crippen molar-refractivity contribution < 1.29 is 32.0 Å². The fraction of sp³-hybridized carbons (Fsp3) is 0.267. The first-order valence-corrected chi connectivity index (χ1v) is 7.00. The van der Waals surface area contributed by atoms with Crippen LogP contribution in [0.25, 0.3) is 11.4 Å². The van der Waals surface area contributed by atoms with Gasteiger partial charge in [-0.15, -0.1) is 0 Å². The SMILES string of the molecule is COC(=O)CN(CC#N)C(=O)c1ccc(-c2noc(C(F)(F)F)n2)cc1. The summed E-state index contributed by atoms with van der Waals surface area (Å²) in [5, 5.41) is 12.0. The van der Waals surface area contributed by atoms with Crippen molar-refractivity contribution in [3.05, 3.63) is 35.7 Å². The van der Waals surface area contributed by atoms with E-state index >= 15 is 0 Å². The molecule has 0 bridgehead atoms. The van der Waals surface area contributed by atoms with E-state index in [1.54, 1.807) is 6.07 Å². The Bertz CT molecular complexity index is 840. The summed E-state index contributed by atoms with van der Waals surface area (Å²) in [5.74, 6) is -3.09. The monoisotopic (exact) mass is 368 g/mol. The fourth-order valence-electron chi connectivity index (χ4n) is 1.91. The molecule has 0 aliphatic heterocycles. The summed E-state index contributed by atoms with van der Waals surface area (Å²) in [6, 6.07) is 7.02. The molecule has 0 saturated carbocycles. The average Bonchev–Trinajstić information content (AvgIpc) is 3.11. The number of benzene rings is 1. The number of nitrogens with zero attached hydrogens (tertiary/aromatic N) is 4. The number of nitriles is 1.